The Labute approximate surface area is 110 Å². The number of H-pyrrole nitrogens is 1. The van der Waals surface area contributed by atoms with Crippen LogP contribution in [0.1, 0.15) is 11.3 Å². The maximum absolute atomic E-state index is 12.0. The van der Waals surface area contributed by atoms with Crippen molar-refractivity contribution in [3.63, 3.8) is 0 Å². The summed E-state index contributed by atoms with van der Waals surface area (Å²) >= 11 is 6.08. The van der Waals surface area contributed by atoms with Crippen LogP contribution in [-0.4, -0.2) is 17.1 Å². The summed E-state index contributed by atoms with van der Waals surface area (Å²) in [5, 5.41) is 0.421. The number of pyridine rings is 2. The van der Waals surface area contributed by atoms with Gasteiger partial charge in [0.05, 0.1) is 18.3 Å². The standard InChI is InChI=1S/C13H13ClN2O2/c1-7-4-10(13(17)16-8(7)2)9-5-12(18-3)15-6-11(9)14/h4-6H,1-3H3,(H,16,17). The Balaban J connectivity index is 2.68. The molecule has 0 saturated heterocycles. The first kappa shape index (κ1) is 12.6. The van der Waals surface area contributed by atoms with E-state index >= 15 is 0 Å². The summed E-state index contributed by atoms with van der Waals surface area (Å²) in [5.41, 5.74) is 2.81. The lowest BCUT2D eigenvalue weighted by Gasteiger charge is -2.08. The van der Waals surface area contributed by atoms with Crippen LogP contribution in [0.15, 0.2) is 23.1 Å². The van der Waals surface area contributed by atoms with Crippen molar-refractivity contribution in [1.82, 2.24) is 9.97 Å². The van der Waals surface area contributed by atoms with Gasteiger partial charge in [-0.1, -0.05) is 11.6 Å². The molecule has 2 rings (SSSR count). The zero-order valence-electron chi connectivity index (χ0n) is 10.4. The molecule has 0 bridgehead atoms. The Morgan fingerprint density at radius 3 is 2.67 bits per heavy atom. The van der Waals surface area contributed by atoms with E-state index < -0.39 is 0 Å². The fourth-order valence-electron chi connectivity index (χ4n) is 1.66. The van der Waals surface area contributed by atoms with Crippen molar-refractivity contribution >= 4 is 11.6 Å². The fourth-order valence-corrected chi connectivity index (χ4v) is 1.87. The van der Waals surface area contributed by atoms with Crippen LogP contribution in [0.3, 0.4) is 0 Å². The third-order valence-electron chi connectivity index (χ3n) is 2.83. The maximum Gasteiger partial charge on any atom is 0.256 e. The number of ether oxygens (including phenoxy) is 1. The van der Waals surface area contributed by atoms with E-state index in [2.05, 4.69) is 9.97 Å². The Hall–Kier alpha value is -1.81. The molecule has 1 N–H and O–H groups in total. The van der Waals surface area contributed by atoms with Crippen LogP contribution in [0.5, 0.6) is 5.88 Å². The Kier molecular flexibility index (Phi) is 3.39. The van der Waals surface area contributed by atoms with E-state index in [0.29, 0.717) is 22.0 Å². The third kappa shape index (κ3) is 2.24. The van der Waals surface area contributed by atoms with Gasteiger partial charge in [0.15, 0.2) is 0 Å². The smallest absolute Gasteiger partial charge is 0.256 e. The van der Waals surface area contributed by atoms with Crippen LogP contribution in [0.25, 0.3) is 11.1 Å². The zero-order chi connectivity index (χ0) is 13.3. The molecular formula is C13H13ClN2O2. The van der Waals surface area contributed by atoms with E-state index in [9.17, 15) is 4.79 Å². The van der Waals surface area contributed by atoms with Crippen LogP contribution >= 0.6 is 11.6 Å². The molecule has 94 valence electrons. The van der Waals surface area contributed by atoms with Crippen LogP contribution < -0.4 is 10.3 Å². The van der Waals surface area contributed by atoms with E-state index in [1.807, 2.05) is 19.9 Å². The van der Waals surface area contributed by atoms with Crippen molar-refractivity contribution in [3.8, 4) is 17.0 Å². The number of rotatable bonds is 2. The largest absolute Gasteiger partial charge is 0.481 e. The molecule has 0 aliphatic rings. The number of aromatic amines is 1. The molecule has 0 aromatic carbocycles. The quantitative estimate of drug-likeness (QED) is 0.907. The number of nitrogens with zero attached hydrogens (tertiary/aromatic N) is 1. The lowest BCUT2D eigenvalue weighted by molar-refractivity contribution is 0.398. The molecule has 0 fully saturated rings. The molecule has 0 aliphatic heterocycles. The number of methoxy groups -OCH3 is 1. The summed E-state index contributed by atoms with van der Waals surface area (Å²) in [4.78, 5) is 18.8. The molecular weight excluding hydrogens is 252 g/mol. The number of nitrogens with one attached hydrogen (secondary N) is 1. The predicted octanol–water partition coefficient (Wildman–Crippen LogP) is 2.72. The van der Waals surface area contributed by atoms with E-state index in [-0.39, 0.29) is 5.56 Å². The monoisotopic (exact) mass is 264 g/mol. The molecule has 5 heteroatoms. The summed E-state index contributed by atoms with van der Waals surface area (Å²) in [6.07, 6.45) is 1.48. The molecule has 0 atom stereocenters. The van der Waals surface area contributed by atoms with Crippen molar-refractivity contribution in [2.45, 2.75) is 13.8 Å². The molecule has 0 radical (unpaired) electrons. The maximum atomic E-state index is 12.0. The molecule has 0 spiro atoms. The summed E-state index contributed by atoms with van der Waals surface area (Å²) in [5.74, 6) is 0.423. The highest BCUT2D eigenvalue weighted by Gasteiger charge is 2.11. The van der Waals surface area contributed by atoms with E-state index in [1.54, 1.807) is 6.07 Å². The minimum atomic E-state index is -0.173. The van der Waals surface area contributed by atoms with E-state index in [0.717, 1.165) is 11.3 Å². The number of halogens is 1. The average Bonchev–Trinajstić information content (AvgIpc) is 2.35. The molecule has 0 amide bonds. The van der Waals surface area contributed by atoms with Gasteiger partial charge in [0.2, 0.25) is 5.88 Å². The molecule has 0 unspecified atom stereocenters. The van der Waals surface area contributed by atoms with Crippen molar-refractivity contribution in [3.05, 3.63) is 45.0 Å². The Morgan fingerprint density at radius 2 is 2.00 bits per heavy atom. The highest BCUT2D eigenvalue weighted by atomic mass is 35.5. The van der Waals surface area contributed by atoms with E-state index in [4.69, 9.17) is 16.3 Å². The molecule has 2 aromatic heterocycles. The normalized spacial score (nSPS) is 10.4. The van der Waals surface area contributed by atoms with Crippen LogP contribution in [0.2, 0.25) is 5.02 Å². The second kappa shape index (κ2) is 4.82. The number of aromatic nitrogens is 2. The summed E-state index contributed by atoms with van der Waals surface area (Å²) < 4.78 is 5.04. The number of aryl methyl sites for hydroxylation is 2. The SMILES string of the molecule is COc1cc(-c2cc(C)c(C)[nH]c2=O)c(Cl)cn1. The molecule has 18 heavy (non-hydrogen) atoms. The predicted molar refractivity (Wildman–Crippen MR) is 71.3 cm³/mol. The summed E-state index contributed by atoms with van der Waals surface area (Å²) in [7, 11) is 1.52. The van der Waals surface area contributed by atoms with Crippen molar-refractivity contribution in [2.24, 2.45) is 0 Å². The van der Waals surface area contributed by atoms with Gasteiger partial charge in [-0.05, 0) is 25.5 Å². The highest BCUT2D eigenvalue weighted by molar-refractivity contribution is 6.33. The molecule has 0 aliphatic carbocycles. The van der Waals surface area contributed by atoms with Gasteiger partial charge in [0.1, 0.15) is 0 Å². The van der Waals surface area contributed by atoms with Gasteiger partial charge in [0, 0.05) is 22.9 Å². The molecule has 2 heterocycles. The van der Waals surface area contributed by atoms with Crippen LogP contribution in [0.4, 0.5) is 0 Å². The van der Waals surface area contributed by atoms with Gasteiger partial charge in [-0.3, -0.25) is 4.79 Å². The van der Waals surface area contributed by atoms with Crippen molar-refractivity contribution < 1.29 is 4.74 Å². The second-order valence-electron chi connectivity index (χ2n) is 4.03. The highest BCUT2D eigenvalue weighted by Crippen LogP contribution is 2.28. The minimum absolute atomic E-state index is 0.173. The van der Waals surface area contributed by atoms with Gasteiger partial charge in [0.25, 0.3) is 5.56 Å². The van der Waals surface area contributed by atoms with E-state index in [1.165, 1.54) is 13.3 Å². The van der Waals surface area contributed by atoms with Gasteiger partial charge in [-0.25, -0.2) is 4.98 Å². The third-order valence-corrected chi connectivity index (χ3v) is 3.13. The van der Waals surface area contributed by atoms with Crippen LogP contribution in [-0.2, 0) is 0 Å². The zero-order valence-corrected chi connectivity index (χ0v) is 11.1. The average molecular weight is 265 g/mol. The van der Waals surface area contributed by atoms with Crippen LogP contribution in [0, 0.1) is 13.8 Å². The molecule has 2 aromatic rings. The molecule has 4 nitrogen and oxygen atoms in total. The Morgan fingerprint density at radius 1 is 1.28 bits per heavy atom. The first-order valence-electron chi connectivity index (χ1n) is 5.43. The second-order valence-corrected chi connectivity index (χ2v) is 4.43. The molecule has 0 saturated carbocycles. The van der Waals surface area contributed by atoms with Gasteiger partial charge in [-0.2, -0.15) is 0 Å². The summed E-state index contributed by atoms with van der Waals surface area (Å²) in [6, 6.07) is 3.47. The lowest BCUT2D eigenvalue weighted by Crippen LogP contribution is -2.11. The number of hydrogen-bond donors (Lipinski definition) is 1. The first-order valence-corrected chi connectivity index (χ1v) is 5.81. The van der Waals surface area contributed by atoms with Crippen molar-refractivity contribution in [2.75, 3.05) is 7.11 Å². The first-order chi connectivity index (χ1) is 8.52. The lowest BCUT2D eigenvalue weighted by atomic mass is 10.1. The van der Waals surface area contributed by atoms with Gasteiger partial charge >= 0.3 is 0 Å². The van der Waals surface area contributed by atoms with Crippen molar-refractivity contribution in [1.29, 1.82) is 0 Å². The van der Waals surface area contributed by atoms with Gasteiger partial charge < -0.3 is 9.72 Å². The topological polar surface area (TPSA) is 55.0 Å². The summed E-state index contributed by atoms with van der Waals surface area (Å²) in [6.45, 7) is 3.79. The fraction of sp³-hybridized carbons (Fsp3) is 0.231. The number of hydrogen-bond acceptors (Lipinski definition) is 3. The van der Waals surface area contributed by atoms with Gasteiger partial charge in [-0.15, -0.1) is 0 Å². The Bertz CT molecular complexity index is 650. The minimum Gasteiger partial charge on any atom is -0.481 e.